The molecule has 0 amide bonds. The number of esters is 1. The largest absolute Gasteiger partial charge is 0.465 e. The lowest BCUT2D eigenvalue weighted by Gasteiger charge is -2.09. The number of anilines is 2. The molecule has 0 aliphatic carbocycles. The molecule has 0 radical (unpaired) electrons. The van der Waals surface area contributed by atoms with E-state index in [4.69, 9.17) is 14.5 Å². The Balaban J connectivity index is 1.36. The quantitative estimate of drug-likeness (QED) is 0.343. The number of para-hydroxylation sites is 1. The van der Waals surface area contributed by atoms with Crippen molar-refractivity contribution in [1.82, 2.24) is 14.6 Å². The molecule has 0 aliphatic rings. The minimum absolute atomic E-state index is 0.369. The third-order valence-electron chi connectivity index (χ3n) is 5.09. The van der Waals surface area contributed by atoms with Crippen LogP contribution in [-0.2, 0) is 4.74 Å². The molecule has 0 fully saturated rings. The van der Waals surface area contributed by atoms with E-state index in [0.717, 1.165) is 28.3 Å². The molecule has 5 aromatic rings. The molecule has 7 heteroatoms. The molecule has 3 aromatic carbocycles. The molecule has 162 valence electrons. The van der Waals surface area contributed by atoms with Gasteiger partial charge in [-0.15, -0.1) is 0 Å². The summed E-state index contributed by atoms with van der Waals surface area (Å²) in [5.41, 5.74) is 3.85. The molecule has 5 rings (SSSR count). The molecule has 0 bridgehead atoms. The van der Waals surface area contributed by atoms with Gasteiger partial charge in [0.15, 0.2) is 5.65 Å². The highest BCUT2D eigenvalue weighted by Crippen LogP contribution is 2.27. The number of benzene rings is 3. The number of methoxy groups -OCH3 is 1. The van der Waals surface area contributed by atoms with Gasteiger partial charge in [-0.05, 0) is 60.2 Å². The van der Waals surface area contributed by atoms with Gasteiger partial charge in [0.05, 0.1) is 18.9 Å². The summed E-state index contributed by atoms with van der Waals surface area (Å²) in [4.78, 5) is 16.4. The number of hydrogen-bond acceptors (Lipinski definition) is 6. The fourth-order valence-corrected chi connectivity index (χ4v) is 3.42. The smallest absolute Gasteiger partial charge is 0.337 e. The van der Waals surface area contributed by atoms with Crippen LogP contribution in [0.25, 0.3) is 16.8 Å². The Bertz CT molecular complexity index is 1400. The van der Waals surface area contributed by atoms with E-state index in [1.54, 1.807) is 22.8 Å². The summed E-state index contributed by atoms with van der Waals surface area (Å²) in [6.07, 6.45) is 3.61. The van der Waals surface area contributed by atoms with E-state index in [-0.39, 0.29) is 5.97 Å². The first-order valence-electron chi connectivity index (χ1n) is 10.3. The van der Waals surface area contributed by atoms with Crippen molar-refractivity contribution in [3.8, 4) is 22.6 Å². The first-order chi connectivity index (χ1) is 16.2. The zero-order valence-electron chi connectivity index (χ0n) is 17.8. The van der Waals surface area contributed by atoms with Crippen molar-refractivity contribution in [2.75, 3.05) is 12.4 Å². The summed E-state index contributed by atoms with van der Waals surface area (Å²) in [6.45, 7) is 0. The lowest BCUT2D eigenvalue weighted by Crippen LogP contribution is -2.00. The Morgan fingerprint density at radius 2 is 1.61 bits per heavy atom. The van der Waals surface area contributed by atoms with E-state index < -0.39 is 0 Å². The van der Waals surface area contributed by atoms with Crippen LogP contribution in [0.15, 0.2) is 97.3 Å². The van der Waals surface area contributed by atoms with Gasteiger partial charge in [0.1, 0.15) is 17.3 Å². The number of aromatic nitrogens is 3. The number of carbonyl (C=O) groups is 1. The van der Waals surface area contributed by atoms with Crippen LogP contribution in [0.3, 0.4) is 0 Å². The molecule has 2 aromatic heterocycles. The Labute approximate surface area is 190 Å². The summed E-state index contributed by atoms with van der Waals surface area (Å²) in [5.74, 6) is 1.86. The summed E-state index contributed by atoms with van der Waals surface area (Å²) in [7, 11) is 1.36. The van der Waals surface area contributed by atoms with E-state index in [0.29, 0.717) is 17.0 Å². The molecule has 33 heavy (non-hydrogen) atoms. The number of nitrogens with one attached hydrogen (secondary N) is 1. The Kier molecular flexibility index (Phi) is 5.43. The minimum Gasteiger partial charge on any atom is -0.465 e. The molecule has 0 unspecified atom stereocenters. The van der Waals surface area contributed by atoms with Crippen LogP contribution in [0.1, 0.15) is 10.4 Å². The van der Waals surface area contributed by atoms with Crippen molar-refractivity contribution in [3.05, 3.63) is 103 Å². The molecule has 2 heterocycles. The zero-order chi connectivity index (χ0) is 22.6. The van der Waals surface area contributed by atoms with E-state index in [9.17, 15) is 4.79 Å². The summed E-state index contributed by atoms with van der Waals surface area (Å²) < 4.78 is 12.3. The Morgan fingerprint density at radius 3 is 2.33 bits per heavy atom. The van der Waals surface area contributed by atoms with Crippen LogP contribution in [0.5, 0.6) is 11.5 Å². The number of nitrogens with zero attached hydrogens (tertiary/aromatic N) is 3. The van der Waals surface area contributed by atoms with E-state index in [1.807, 2.05) is 79.0 Å². The second-order valence-electron chi connectivity index (χ2n) is 7.27. The van der Waals surface area contributed by atoms with Gasteiger partial charge in [0, 0.05) is 17.4 Å². The van der Waals surface area contributed by atoms with Crippen LogP contribution >= 0.6 is 0 Å². The molecular formula is C26H20N4O3. The highest BCUT2D eigenvalue weighted by Gasteiger charge is 2.11. The first-order valence-corrected chi connectivity index (χ1v) is 10.3. The lowest BCUT2D eigenvalue weighted by molar-refractivity contribution is 0.0600. The van der Waals surface area contributed by atoms with Gasteiger partial charge in [0.25, 0.3) is 0 Å². The molecule has 0 saturated heterocycles. The van der Waals surface area contributed by atoms with Crippen LogP contribution < -0.4 is 10.1 Å². The van der Waals surface area contributed by atoms with Crippen molar-refractivity contribution in [2.24, 2.45) is 0 Å². The lowest BCUT2D eigenvalue weighted by atomic mass is 10.1. The highest BCUT2D eigenvalue weighted by atomic mass is 16.5. The summed E-state index contributed by atoms with van der Waals surface area (Å²) >= 11 is 0. The third-order valence-corrected chi connectivity index (χ3v) is 5.09. The third kappa shape index (κ3) is 4.38. The minimum atomic E-state index is -0.369. The van der Waals surface area contributed by atoms with E-state index in [1.165, 1.54) is 7.11 Å². The predicted octanol–water partition coefficient (Wildman–Crippen LogP) is 5.72. The van der Waals surface area contributed by atoms with Crippen molar-refractivity contribution < 1.29 is 14.3 Å². The van der Waals surface area contributed by atoms with Crippen LogP contribution in [0, 0.1) is 0 Å². The number of fused-ring (bicyclic) bond motifs is 1. The first kappa shape index (κ1) is 20.3. The van der Waals surface area contributed by atoms with Gasteiger partial charge in [0.2, 0.25) is 0 Å². The Hall–Kier alpha value is -4.65. The van der Waals surface area contributed by atoms with Crippen LogP contribution in [0.2, 0.25) is 0 Å². The molecule has 0 saturated carbocycles. The van der Waals surface area contributed by atoms with Gasteiger partial charge in [-0.1, -0.05) is 30.3 Å². The van der Waals surface area contributed by atoms with E-state index in [2.05, 4.69) is 10.4 Å². The van der Waals surface area contributed by atoms with Gasteiger partial charge >= 0.3 is 5.97 Å². The number of hydrogen-bond donors (Lipinski definition) is 1. The monoisotopic (exact) mass is 436 g/mol. The van der Waals surface area contributed by atoms with Gasteiger partial charge < -0.3 is 14.8 Å². The second-order valence-corrected chi connectivity index (χ2v) is 7.27. The van der Waals surface area contributed by atoms with Crippen molar-refractivity contribution in [1.29, 1.82) is 0 Å². The highest BCUT2D eigenvalue weighted by molar-refractivity contribution is 5.90. The van der Waals surface area contributed by atoms with Gasteiger partial charge in [-0.25, -0.2) is 14.3 Å². The average Bonchev–Trinajstić information content (AvgIpc) is 3.29. The molecular weight excluding hydrogens is 416 g/mol. The maximum absolute atomic E-state index is 11.7. The SMILES string of the molecule is COC(=O)c1ccc(-c2cnn3ccc(Nc4ccc(Oc5ccccc5)cc4)nc23)cc1. The van der Waals surface area contributed by atoms with Gasteiger partial charge in [-0.2, -0.15) is 5.10 Å². The fraction of sp³-hybridized carbons (Fsp3) is 0.0385. The molecule has 1 N–H and O–H groups in total. The molecule has 7 nitrogen and oxygen atoms in total. The average molecular weight is 436 g/mol. The maximum atomic E-state index is 11.7. The number of carbonyl (C=O) groups excluding carboxylic acids is 1. The second kappa shape index (κ2) is 8.84. The summed E-state index contributed by atoms with van der Waals surface area (Å²) in [5, 5.41) is 7.70. The van der Waals surface area contributed by atoms with Crippen LogP contribution in [0.4, 0.5) is 11.5 Å². The molecule has 0 atom stereocenters. The van der Waals surface area contributed by atoms with Crippen molar-refractivity contribution in [3.63, 3.8) is 0 Å². The number of ether oxygens (including phenoxy) is 2. The normalized spacial score (nSPS) is 10.7. The predicted molar refractivity (Wildman–Crippen MR) is 126 cm³/mol. The zero-order valence-corrected chi connectivity index (χ0v) is 17.8. The van der Waals surface area contributed by atoms with Crippen LogP contribution in [-0.4, -0.2) is 27.7 Å². The molecule has 0 spiro atoms. The van der Waals surface area contributed by atoms with Crippen molar-refractivity contribution >= 4 is 23.1 Å². The molecule has 0 aliphatic heterocycles. The van der Waals surface area contributed by atoms with E-state index >= 15 is 0 Å². The number of rotatable bonds is 6. The fourth-order valence-electron chi connectivity index (χ4n) is 3.42. The summed E-state index contributed by atoms with van der Waals surface area (Å²) in [6, 6.07) is 26.4. The van der Waals surface area contributed by atoms with Gasteiger partial charge in [-0.3, -0.25) is 0 Å². The Morgan fingerprint density at radius 1 is 0.879 bits per heavy atom. The standard InChI is InChI=1S/C26H20N4O3/c1-32-26(31)19-9-7-18(8-10-19)23-17-27-30-16-15-24(29-25(23)30)28-20-11-13-22(14-12-20)33-21-5-3-2-4-6-21/h2-17H,1H3,(H,28,29). The maximum Gasteiger partial charge on any atom is 0.337 e. The topological polar surface area (TPSA) is 77.8 Å². The van der Waals surface area contributed by atoms with Crippen molar-refractivity contribution in [2.45, 2.75) is 0 Å².